The fourth-order valence-electron chi connectivity index (χ4n) is 2.04. The van der Waals surface area contributed by atoms with E-state index in [1.54, 1.807) is 41.5 Å². The second kappa shape index (κ2) is 9.17. The van der Waals surface area contributed by atoms with Crippen molar-refractivity contribution in [3.05, 3.63) is 0 Å². The van der Waals surface area contributed by atoms with E-state index in [1.807, 2.05) is 0 Å². The van der Waals surface area contributed by atoms with Gasteiger partial charge in [-0.1, -0.05) is 12.8 Å². The van der Waals surface area contributed by atoms with E-state index in [4.69, 9.17) is 9.47 Å². The fourth-order valence-corrected chi connectivity index (χ4v) is 2.46. The van der Waals surface area contributed by atoms with Gasteiger partial charge in [0.15, 0.2) is 5.41 Å². The monoisotopic (exact) mass is 394 g/mol. The molecule has 0 spiro atoms. The van der Waals surface area contributed by atoms with Crippen molar-refractivity contribution in [1.82, 2.24) is 0 Å². The first-order chi connectivity index (χ1) is 11.5. The summed E-state index contributed by atoms with van der Waals surface area (Å²) >= 11 is 0. The number of esters is 2. The number of carbonyl (C=O) groups excluding carboxylic acids is 2. The van der Waals surface area contributed by atoms with Gasteiger partial charge in [-0.15, -0.1) is 0 Å². The van der Waals surface area contributed by atoms with Crippen LogP contribution in [-0.4, -0.2) is 44.4 Å². The Morgan fingerprint density at radius 2 is 1.19 bits per heavy atom. The lowest BCUT2D eigenvalue weighted by Gasteiger charge is -2.32. The van der Waals surface area contributed by atoms with Gasteiger partial charge >= 0.3 is 11.9 Å². The Balaban J connectivity index is 4.94. The highest BCUT2D eigenvalue weighted by Crippen LogP contribution is 2.32. The summed E-state index contributed by atoms with van der Waals surface area (Å²) in [5.74, 6) is -1.24. The zero-order valence-corrected chi connectivity index (χ0v) is 18.1. The molecule has 0 aliphatic carbocycles. The lowest BCUT2D eigenvalue weighted by atomic mass is 9.84. The van der Waals surface area contributed by atoms with Crippen LogP contribution in [0.4, 0.5) is 0 Å². The van der Waals surface area contributed by atoms with Gasteiger partial charge in [0, 0.05) is 0 Å². The predicted octanol–water partition coefficient (Wildman–Crippen LogP) is 3.21. The summed E-state index contributed by atoms with van der Waals surface area (Å²) in [6.45, 7) is 12.0. The number of unbranched alkanes of at least 4 members (excludes halogenated alkanes) is 2. The second-order valence-corrected chi connectivity index (χ2v) is 10.3. The minimum absolute atomic E-state index is 0.0778. The molecular formula is C18H34O7S. The molecule has 0 aromatic carbocycles. The Morgan fingerprint density at radius 3 is 1.54 bits per heavy atom. The Labute approximate surface area is 157 Å². The van der Waals surface area contributed by atoms with Gasteiger partial charge in [-0.3, -0.25) is 13.8 Å². The molecule has 0 heterocycles. The van der Waals surface area contributed by atoms with Gasteiger partial charge in [0.2, 0.25) is 0 Å². The van der Waals surface area contributed by atoms with Crippen molar-refractivity contribution < 1.29 is 31.7 Å². The van der Waals surface area contributed by atoms with E-state index >= 15 is 0 Å². The SMILES string of the molecule is CC(C)(C)OC(=O)C(C)(CCCCCOS(C)(=O)=O)C(=O)OC(C)(C)C. The molecule has 26 heavy (non-hydrogen) atoms. The quantitative estimate of drug-likeness (QED) is 0.256. The van der Waals surface area contributed by atoms with Gasteiger partial charge < -0.3 is 9.47 Å². The number of hydrogen-bond acceptors (Lipinski definition) is 7. The number of rotatable bonds is 9. The smallest absolute Gasteiger partial charge is 0.323 e. The van der Waals surface area contributed by atoms with E-state index in [2.05, 4.69) is 4.18 Å². The fraction of sp³-hybridized carbons (Fsp3) is 0.889. The molecular weight excluding hydrogens is 360 g/mol. The summed E-state index contributed by atoms with van der Waals surface area (Å²) in [4.78, 5) is 25.3. The third-order valence-corrected chi connectivity index (χ3v) is 3.91. The summed E-state index contributed by atoms with van der Waals surface area (Å²) in [5.41, 5.74) is -2.86. The normalized spacial score (nSPS) is 13.4. The molecule has 7 nitrogen and oxygen atoms in total. The minimum Gasteiger partial charge on any atom is -0.459 e. The summed E-state index contributed by atoms with van der Waals surface area (Å²) in [6, 6.07) is 0. The van der Waals surface area contributed by atoms with E-state index in [9.17, 15) is 18.0 Å². The minimum atomic E-state index is -3.46. The lowest BCUT2D eigenvalue weighted by molar-refractivity contribution is -0.184. The topological polar surface area (TPSA) is 96.0 Å². The van der Waals surface area contributed by atoms with Crippen LogP contribution in [-0.2, 0) is 33.4 Å². The van der Waals surface area contributed by atoms with Crippen LogP contribution in [0, 0.1) is 5.41 Å². The Hall–Kier alpha value is -1.15. The molecule has 0 N–H and O–H groups in total. The summed E-state index contributed by atoms with van der Waals surface area (Å²) in [5, 5.41) is 0. The molecule has 154 valence electrons. The molecule has 0 atom stereocenters. The molecule has 0 amide bonds. The molecule has 0 fully saturated rings. The van der Waals surface area contributed by atoms with Crippen LogP contribution in [0.3, 0.4) is 0 Å². The van der Waals surface area contributed by atoms with E-state index in [0.29, 0.717) is 19.3 Å². The van der Waals surface area contributed by atoms with Gasteiger partial charge in [-0.05, 0) is 61.3 Å². The van der Waals surface area contributed by atoms with Crippen LogP contribution in [0.15, 0.2) is 0 Å². The molecule has 0 aliphatic rings. The average Bonchev–Trinajstić information content (AvgIpc) is 2.37. The van der Waals surface area contributed by atoms with Crippen LogP contribution in [0.5, 0.6) is 0 Å². The van der Waals surface area contributed by atoms with Crippen LogP contribution in [0.1, 0.15) is 74.1 Å². The third kappa shape index (κ3) is 10.8. The van der Waals surface area contributed by atoms with Gasteiger partial charge in [0.25, 0.3) is 10.1 Å². The molecule has 0 aromatic rings. The molecule has 0 aromatic heterocycles. The molecule has 0 saturated heterocycles. The van der Waals surface area contributed by atoms with Crippen molar-refractivity contribution in [2.24, 2.45) is 5.41 Å². The molecule has 0 saturated carbocycles. The van der Waals surface area contributed by atoms with Crippen molar-refractivity contribution in [3.8, 4) is 0 Å². The zero-order chi connectivity index (χ0) is 20.8. The predicted molar refractivity (Wildman–Crippen MR) is 99.1 cm³/mol. The van der Waals surface area contributed by atoms with Crippen LogP contribution >= 0.6 is 0 Å². The van der Waals surface area contributed by atoms with E-state index < -0.39 is 38.7 Å². The molecule has 0 bridgehead atoms. The van der Waals surface area contributed by atoms with E-state index in [-0.39, 0.29) is 13.0 Å². The molecule has 0 rings (SSSR count). The van der Waals surface area contributed by atoms with Gasteiger partial charge in [0.1, 0.15) is 11.2 Å². The second-order valence-electron chi connectivity index (χ2n) is 8.67. The van der Waals surface area contributed by atoms with Gasteiger partial charge in [-0.2, -0.15) is 8.42 Å². The average molecular weight is 395 g/mol. The first-order valence-electron chi connectivity index (χ1n) is 8.78. The molecule has 0 aliphatic heterocycles. The Morgan fingerprint density at radius 1 is 0.769 bits per heavy atom. The third-order valence-electron chi connectivity index (χ3n) is 3.32. The first kappa shape index (κ1) is 24.8. The zero-order valence-electron chi connectivity index (χ0n) is 17.3. The summed E-state index contributed by atoms with van der Waals surface area (Å²) in [7, 11) is -3.46. The number of hydrogen-bond donors (Lipinski definition) is 0. The van der Waals surface area contributed by atoms with Crippen molar-refractivity contribution >= 4 is 22.1 Å². The maximum atomic E-state index is 12.6. The summed E-state index contributed by atoms with van der Waals surface area (Å²) < 4.78 is 37.4. The lowest BCUT2D eigenvalue weighted by Crippen LogP contribution is -2.44. The van der Waals surface area contributed by atoms with E-state index in [0.717, 1.165) is 6.26 Å². The van der Waals surface area contributed by atoms with Crippen molar-refractivity contribution in [1.29, 1.82) is 0 Å². The van der Waals surface area contributed by atoms with Crippen molar-refractivity contribution in [2.45, 2.75) is 85.4 Å². The first-order valence-corrected chi connectivity index (χ1v) is 10.6. The maximum Gasteiger partial charge on any atom is 0.323 e. The number of ether oxygens (including phenoxy) is 2. The number of carbonyl (C=O) groups is 2. The highest BCUT2D eigenvalue weighted by molar-refractivity contribution is 7.85. The largest absolute Gasteiger partial charge is 0.459 e. The Kier molecular flexibility index (Phi) is 8.76. The standard InChI is InChI=1S/C18H34O7S/c1-16(2,3)24-14(19)18(7,15(20)25-17(4,5)6)12-10-9-11-13-23-26(8,21)22/h9-13H2,1-8H3. The van der Waals surface area contributed by atoms with Crippen LogP contribution in [0.25, 0.3) is 0 Å². The Bertz CT molecular complexity index is 552. The van der Waals surface area contributed by atoms with Crippen LogP contribution in [0.2, 0.25) is 0 Å². The highest BCUT2D eigenvalue weighted by Gasteiger charge is 2.46. The van der Waals surface area contributed by atoms with E-state index in [1.165, 1.54) is 6.92 Å². The highest BCUT2D eigenvalue weighted by atomic mass is 32.2. The van der Waals surface area contributed by atoms with Crippen molar-refractivity contribution in [2.75, 3.05) is 12.9 Å². The molecule has 0 radical (unpaired) electrons. The van der Waals surface area contributed by atoms with Gasteiger partial charge in [0.05, 0.1) is 12.9 Å². The maximum absolute atomic E-state index is 12.6. The molecule has 8 heteroatoms. The van der Waals surface area contributed by atoms with Gasteiger partial charge in [-0.25, -0.2) is 0 Å². The summed E-state index contributed by atoms with van der Waals surface area (Å²) in [6.07, 6.45) is 2.88. The van der Waals surface area contributed by atoms with Crippen LogP contribution < -0.4 is 0 Å². The molecule has 0 unspecified atom stereocenters. The van der Waals surface area contributed by atoms with Crippen molar-refractivity contribution in [3.63, 3.8) is 0 Å².